The van der Waals surface area contributed by atoms with Gasteiger partial charge in [-0.1, -0.05) is 6.92 Å². The normalized spacial score (nSPS) is 9.85. The van der Waals surface area contributed by atoms with Crippen LogP contribution >= 0.6 is 0 Å². The van der Waals surface area contributed by atoms with Gasteiger partial charge in [0.1, 0.15) is 0 Å². The molecule has 1 heterocycles. The minimum atomic E-state index is -0.701. The molecule has 0 aliphatic carbocycles. The number of aryl methyl sites for hydroxylation is 2. The number of carbonyl (C=O) groups is 2. The molecule has 0 atom stereocenters. The first kappa shape index (κ1) is 15.5. The molecule has 0 radical (unpaired) electrons. The van der Waals surface area contributed by atoms with E-state index in [4.69, 9.17) is 15.7 Å². The number of nitriles is 1. The number of nitrogens with two attached hydrogens (primary N) is 1. The van der Waals surface area contributed by atoms with Gasteiger partial charge >= 0.3 is 5.97 Å². The molecule has 8 heteroatoms. The van der Waals surface area contributed by atoms with Gasteiger partial charge in [0.2, 0.25) is 0 Å². The average molecular weight is 279 g/mol. The first-order valence-corrected chi connectivity index (χ1v) is 6.13. The Hall–Kier alpha value is -2.56. The lowest BCUT2D eigenvalue weighted by Crippen LogP contribution is -2.29. The highest BCUT2D eigenvalue weighted by molar-refractivity contribution is 5.95. The first-order valence-electron chi connectivity index (χ1n) is 6.13. The van der Waals surface area contributed by atoms with E-state index in [9.17, 15) is 9.59 Å². The summed E-state index contributed by atoms with van der Waals surface area (Å²) in [7, 11) is 1.58. The van der Waals surface area contributed by atoms with Gasteiger partial charge in [0.25, 0.3) is 5.91 Å². The summed E-state index contributed by atoms with van der Waals surface area (Å²) in [5, 5.41) is 14.9. The van der Waals surface area contributed by atoms with E-state index in [-0.39, 0.29) is 24.3 Å². The molecule has 0 saturated carbocycles. The van der Waals surface area contributed by atoms with Gasteiger partial charge in [-0.05, 0) is 6.42 Å². The van der Waals surface area contributed by atoms with Crippen LogP contribution in [-0.4, -0.2) is 34.8 Å². The number of esters is 1. The number of aromatic nitrogens is 2. The quantitative estimate of drug-likeness (QED) is 0.547. The smallest absolute Gasteiger partial charge is 0.359 e. The van der Waals surface area contributed by atoms with E-state index in [0.29, 0.717) is 12.1 Å². The third kappa shape index (κ3) is 3.71. The van der Waals surface area contributed by atoms with Crippen LogP contribution in [0, 0.1) is 11.3 Å². The summed E-state index contributed by atoms with van der Waals surface area (Å²) in [6.07, 6.45) is 0.801. The maximum Gasteiger partial charge on any atom is 0.359 e. The lowest BCUT2D eigenvalue weighted by molar-refractivity contribution is -0.124. The minimum Gasteiger partial charge on any atom is -0.451 e. The maximum atomic E-state index is 11.9. The summed E-state index contributed by atoms with van der Waals surface area (Å²) in [5.41, 5.74) is 6.81. The zero-order valence-electron chi connectivity index (χ0n) is 11.5. The molecule has 0 unspecified atom stereocenters. The van der Waals surface area contributed by atoms with E-state index < -0.39 is 18.5 Å². The number of ether oxygens (including phenoxy) is 1. The van der Waals surface area contributed by atoms with Crippen LogP contribution in [0.15, 0.2) is 0 Å². The van der Waals surface area contributed by atoms with Crippen LogP contribution in [0.5, 0.6) is 0 Å². The highest BCUT2D eigenvalue weighted by Crippen LogP contribution is 2.17. The van der Waals surface area contributed by atoms with E-state index in [1.54, 1.807) is 7.05 Å². The van der Waals surface area contributed by atoms with Gasteiger partial charge in [0.15, 0.2) is 12.3 Å². The number of nitrogen functional groups attached to an aromatic ring is 1. The second-order valence-electron chi connectivity index (χ2n) is 4.02. The summed E-state index contributed by atoms with van der Waals surface area (Å²) in [5.74, 6) is -1.17. The lowest BCUT2D eigenvalue weighted by Gasteiger charge is -2.06. The Bertz CT molecular complexity index is 544. The Kier molecular flexibility index (Phi) is 5.53. The van der Waals surface area contributed by atoms with E-state index in [1.807, 2.05) is 13.0 Å². The van der Waals surface area contributed by atoms with E-state index in [1.165, 1.54) is 4.68 Å². The summed E-state index contributed by atoms with van der Waals surface area (Å²) in [6, 6.07) is 1.89. The number of anilines is 1. The molecule has 0 aliphatic heterocycles. The van der Waals surface area contributed by atoms with Crippen LogP contribution in [0.4, 0.5) is 5.69 Å². The number of carbonyl (C=O) groups excluding carboxylic acids is 2. The van der Waals surface area contributed by atoms with Gasteiger partial charge in [0, 0.05) is 13.6 Å². The third-order valence-electron chi connectivity index (χ3n) is 2.58. The topological polar surface area (TPSA) is 123 Å². The molecule has 0 fully saturated rings. The molecule has 8 nitrogen and oxygen atoms in total. The van der Waals surface area contributed by atoms with Crippen molar-refractivity contribution in [1.29, 1.82) is 5.26 Å². The zero-order chi connectivity index (χ0) is 15.1. The summed E-state index contributed by atoms with van der Waals surface area (Å²) in [6.45, 7) is 1.67. The number of hydrogen-bond acceptors (Lipinski definition) is 6. The Morgan fingerprint density at radius 3 is 2.80 bits per heavy atom. The van der Waals surface area contributed by atoms with Crippen molar-refractivity contribution in [2.24, 2.45) is 7.05 Å². The molecule has 0 aromatic carbocycles. The number of nitrogens with one attached hydrogen (secondary N) is 1. The molecule has 0 saturated heterocycles. The van der Waals surface area contributed by atoms with Crippen LogP contribution in [0.3, 0.4) is 0 Å². The molecule has 0 spiro atoms. The second-order valence-corrected chi connectivity index (χ2v) is 4.02. The SMILES string of the molecule is CCc1nn(C)c(C(=O)OCC(=O)NCCC#N)c1N. The van der Waals surface area contributed by atoms with Crippen LogP contribution in [-0.2, 0) is 23.0 Å². The van der Waals surface area contributed by atoms with Crippen molar-refractivity contribution < 1.29 is 14.3 Å². The van der Waals surface area contributed by atoms with Gasteiger partial charge < -0.3 is 15.8 Å². The summed E-state index contributed by atoms with van der Waals surface area (Å²) >= 11 is 0. The molecular formula is C12H17N5O3. The van der Waals surface area contributed by atoms with Crippen molar-refractivity contribution in [2.75, 3.05) is 18.9 Å². The molecule has 1 rings (SSSR count). The highest BCUT2D eigenvalue weighted by atomic mass is 16.5. The molecule has 20 heavy (non-hydrogen) atoms. The van der Waals surface area contributed by atoms with Gasteiger partial charge in [-0.25, -0.2) is 4.79 Å². The fourth-order valence-corrected chi connectivity index (χ4v) is 1.61. The van der Waals surface area contributed by atoms with Crippen molar-refractivity contribution in [3.05, 3.63) is 11.4 Å². The predicted molar refractivity (Wildman–Crippen MR) is 70.5 cm³/mol. The molecule has 0 bridgehead atoms. The fourth-order valence-electron chi connectivity index (χ4n) is 1.61. The lowest BCUT2D eigenvalue weighted by atomic mass is 10.2. The van der Waals surface area contributed by atoms with E-state index in [2.05, 4.69) is 10.4 Å². The van der Waals surface area contributed by atoms with Crippen molar-refractivity contribution in [3.8, 4) is 6.07 Å². The van der Waals surface area contributed by atoms with Crippen LogP contribution in [0.1, 0.15) is 29.5 Å². The van der Waals surface area contributed by atoms with E-state index >= 15 is 0 Å². The number of hydrogen-bond donors (Lipinski definition) is 2. The standard InChI is InChI=1S/C12H17N5O3/c1-3-8-10(14)11(17(2)16-8)12(19)20-7-9(18)15-6-4-5-13/h3-4,6-7,14H2,1-2H3,(H,15,18). The number of amides is 1. The van der Waals surface area contributed by atoms with Crippen molar-refractivity contribution >= 4 is 17.6 Å². The first-order chi connectivity index (χ1) is 9.51. The largest absolute Gasteiger partial charge is 0.451 e. The molecule has 1 amide bonds. The number of nitrogens with zero attached hydrogens (tertiary/aromatic N) is 3. The highest BCUT2D eigenvalue weighted by Gasteiger charge is 2.21. The summed E-state index contributed by atoms with van der Waals surface area (Å²) < 4.78 is 6.20. The van der Waals surface area contributed by atoms with Crippen molar-refractivity contribution in [1.82, 2.24) is 15.1 Å². The fraction of sp³-hybridized carbons (Fsp3) is 0.500. The Morgan fingerprint density at radius 1 is 1.55 bits per heavy atom. The third-order valence-corrected chi connectivity index (χ3v) is 2.58. The Balaban J connectivity index is 2.58. The molecular weight excluding hydrogens is 262 g/mol. The molecule has 0 aliphatic rings. The van der Waals surface area contributed by atoms with Crippen LogP contribution in [0.25, 0.3) is 0 Å². The van der Waals surface area contributed by atoms with Crippen LogP contribution < -0.4 is 11.1 Å². The predicted octanol–water partition coefficient (Wildman–Crippen LogP) is -0.249. The van der Waals surface area contributed by atoms with Crippen molar-refractivity contribution in [3.63, 3.8) is 0 Å². The Morgan fingerprint density at radius 2 is 2.25 bits per heavy atom. The molecule has 1 aromatic rings. The van der Waals surface area contributed by atoms with Crippen molar-refractivity contribution in [2.45, 2.75) is 19.8 Å². The minimum absolute atomic E-state index is 0.131. The average Bonchev–Trinajstić information content (AvgIpc) is 2.71. The monoisotopic (exact) mass is 279 g/mol. The molecule has 108 valence electrons. The zero-order valence-corrected chi connectivity index (χ0v) is 11.5. The van der Waals surface area contributed by atoms with Crippen LogP contribution in [0.2, 0.25) is 0 Å². The van der Waals surface area contributed by atoms with Gasteiger partial charge in [-0.2, -0.15) is 10.4 Å². The Labute approximate surface area is 116 Å². The molecule has 3 N–H and O–H groups in total. The van der Waals surface area contributed by atoms with Gasteiger partial charge in [-0.15, -0.1) is 0 Å². The number of rotatable bonds is 6. The van der Waals surface area contributed by atoms with Gasteiger partial charge in [-0.3, -0.25) is 9.48 Å². The van der Waals surface area contributed by atoms with Gasteiger partial charge in [0.05, 0.1) is 23.9 Å². The van der Waals surface area contributed by atoms with E-state index in [0.717, 1.165) is 0 Å². The summed E-state index contributed by atoms with van der Waals surface area (Å²) in [4.78, 5) is 23.2. The molecule has 1 aromatic heterocycles. The second kappa shape index (κ2) is 7.13. The maximum absolute atomic E-state index is 11.9.